The molecular weight excluding hydrogens is 394 g/mol. The third kappa shape index (κ3) is 5.41. The standard InChI is InChI=1S/C22H24ClNO5/c1-14(2)19(24-21(25)16-7-4-3-5-8-16)22(26)29-13-15-11-17(23)20-18(12-15)27-9-6-10-28-20/h3-5,7-8,11-12,14,19H,6,9-10,13H2,1-2H3,(H,24,25)/t19-/m0/s1. The van der Waals surface area contributed by atoms with E-state index in [9.17, 15) is 9.59 Å². The highest BCUT2D eigenvalue weighted by Gasteiger charge is 2.26. The zero-order valence-electron chi connectivity index (χ0n) is 16.4. The van der Waals surface area contributed by atoms with Gasteiger partial charge in [0, 0.05) is 12.0 Å². The van der Waals surface area contributed by atoms with Crippen LogP contribution in [0.1, 0.15) is 36.2 Å². The van der Waals surface area contributed by atoms with E-state index in [1.54, 1.807) is 36.4 Å². The summed E-state index contributed by atoms with van der Waals surface area (Å²) in [6.45, 7) is 4.79. The Morgan fingerprint density at radius 2 is 1.86 bits per heavy atom. The van der Waals surface area contributed by atoms with E-state index in [4.69, 9.17) is 25.8 Å². The lowest BCUT2D eigenvalue weighted by Gasteiger charge is -2.21. The van der Waals surface area contributed by atoms with Crippen molar-refractivity contribution in [3.05, 3.63) is 58.6 Å². The largest absolute Gasteiger partial charge is 0.489 e. The molecule has 1 atom stereocenters. The normalized spacial score (nSPS) is 14.1. The predicted molar refractivity (Wildman–Crippen MR) is 109 cm³/mol. The smallest absolute Gasteiger partial charge is 0.329 e. The van der Waals surface area contributed by atoms with Crippen LogP contribution < -0.4 is 14.8 Å². The summed E-state index contributed by atoms with van der Waals surface area (Å²) in [6, 6.07) is 11.4. The summed E-state index contributed by atoms with van der Waals surface area (Å²) in [6.07, 6.45) is 0.770. The van der Waals surface area contributed by atoms with Crippen LogP contribution in [0, 0.1) is 5.92 Å². The van der Waals surface area contributed by atoms with Crippen molar-refractivity contribution in [1.29, 1.82) is 0 Å². The van der Waals surface area contributed by atoms with Gasteiger partial charge in [0.05, 0.1) is 18.2 Å². The Labute approximate surface area is 175 Å². The molecule has 0 bridgehead atoms. The van der Waals surface area contributed by atoms with Crippen LogP contribution in [0.15, 0.2) is 42.5 Å². The van der Waals surface area contributed by atoms with Crippen LogP contribution in [0.4, 0.5) is 0 Å². The average Bonchev–Trinajstić information content (AvgIpc) is 2.96. The van der Waals surface area contributed by atoms with Gasteiger partial charge in [0.15, 0.2) is 11.5 Å². The van der Waals surface area contributed by atoms with Crippen molar-refractivity contribution in [2.75, 3.05) is 13.2 Å². The number of rotatable bonds is 6. The minimum absolute atomic E-state index is 0.0135. The zero-order valence-corrected chi connectivity index (χ0v) is 17.2. The third-order valence-corrected chi connectivity index (χ3v) is 4.77. The predicted octanol–water partition coefficient (Wildman–Crippen LogP) is 4.00. The van der Waals surface area contributed by atoms with Crippen molar-refractivity contribution in [3.8, 4) is 11.5 Å². The van der Waals surface area contributed by atoms with Crippen LogP contribution in [-0.2, 0) is 16.1 Å². The molecule has 0 unspecified atom stereocenters. The number of esters is 1. The first kappa shape index (κ1) is 21.0. The molecule has 0 radical (unpaired) electrons. The maximum absolute atomic E-state index is 12.6. The van der Waals surface area contributed by atoms with Gasteiger partial charge in [0.25, 0.3) is 5.91 Å². The van der Waals surface area contributed by atoms with E-state index in [0.717, 1.165) is 6.42 Å². The van der Waals surface area contributed by atoms with Gasteiger partial charge in [0.2, 0.25) is 0 Å². The molecule has 1 heterocycles. The molecule has 0 spiro atoms. The van der Waals surface area contributed by atoms with Gasteiger partial charge in [-0.05, 0) is 35.7 Å². The maximum Gasteiger partial charge on any atom is 0.329 e. The maximum atomic E-state index is 12.6. The first-order valence-corrected chi connectivity index (χ1v) is 9.94. The Balaban J connectivity index is 1.65. The number of amides is 1. The average molecular weight is 418 g/mol. The Morgan fingerprint density at radius 3 is 2.59 bits per heavy atom. The number of hydrogen-bond acceptors (Lipinski definition) is 5. The summed E-state index contributed by atoms with van der Waals surface area (Å²) in [7, 11) is 0. The summed E-state index contributed by atoms with van der Waals surface area (Å²) < 4.78 is 16.7. The summed E-state index contributed by atoms with van der Waals surface area (Å²) in [4.78, 5) is 25.0. The summed E-state index contributed by atoms with van der Waals surface area (Å²) >= 11 is 6.28. The fourth-order valence-electron chi connectivity index (χ4n) is 2.92. The molecular formula is C22H24ClNO5. The molecule has 0 saturated carbocycles. The molecule has 0 fully saturated rings. The van der Waals surface area contributed by atoms with E-state index in [1.165, 1.54) is 0 Å². The highest BCUT2D eigenvalue weighted by Crippen LogP contribution is 2.38. The second kappa shape index (κ2) is 9.65. The van der Waals surface area contributed by atoms with Crippen LogP contribution >= 0.6 is 11.6 Å². The molecule has 0 saturated heterocycles. The van der Waals surface area contributed by atoms with Crippen LogP contribution in [0.25, 0.3) is 0 Å². The van der Waals surface area contributed by atoms with Crippen LogP contribution in [-0.4, -0.2) is 31.1 Å². The van der Waals surface area contributed by atoms with E-state index in [1.807, 2.05) is 19.9 Å². The number of nitrogens with one attached hydrogen (secondary N) is 1. The number of halogens is 1. The molecule has 2 aromatic carbocycles. The van der Waals surface area contributed by atoms with Crippen LogP contribution in [0.5, 0.6) is 11.5 Å². The highest BCUT2D eigenvalue weighted by molar-refractivity contribution is 6.32. The van der Waals surface area contributed by atoms with Gasteiger partial charge in [-0.1, -0.05) is 43.6 Å². The number of hydrogen-bond donors (Lipinski definition) is 1. The summed E-state index contributed by atoms with van der Waals surface area (Å²) in [5.74, 6) is 0.0863. The van der Waals surface area contributed by atoms with Crippen molar-refractivity contribution in [2.45, 2.75) is 32.9 Å². The monoisotopic (exact) mass is 417 g/mol. The minimum atomic E-state index is -0.765. The van der Waals surface area contributed by atoms with Crippen molar-refractivity contribution in [2.24, 2.45) is 5.92 Å². The fraction of sp³-hybridized carbons (Fsp3) is 0.364. The van der Waals surface area contributed by atoms with Gasteiger partial charge in [-0.15, -0.1) is 0 Å². The quantitative estimate of drug-likeness (QED) is 0.719. The Morgan fingerprint density at radius 1 is 1.14 bits per heavy atom. The molecule has 6 nitrogen and oxygen atoms in total. The van der Waals surface area contributed by atoms with Gasteiger partial charge in [-0.2, -0.15) is 0 Å². The van der Waals surface area contributed by atoms with E-state index >= 15 is 0 Å². The Bertz CT molecular complexity index is 869. The van der Waals surface area contributed by atoms with Gasteiger partial charge in [-0.25, -0.2) is 4.79 Å². The van der Waals surface area contributed by atoms with Crippen molar-refractivity contribution >= 4 is 23.5 Å². The zero-order chi connectivity index (χ0) is 20.8. The summed E-state index contributed by atoms with van der Waals surface area (Å²) in [5, 5.41) is 3.16. The molecule has 1 aliphatic heterocycles. The van der Waals surface area contributed by atoms with E-state index in [2.05, 4.69) is 5.32 Å². The van der Waals surface area contributed by atoms with Gasteiger partial charge in [-0.3, -0.25) is 4.79 Å². The minimum Gasteiger partial charge on any atom is -0.489 e. The lowest BCUT2D eigenvalue weighted by molar-refractivity contribution is -0.148. The molecule has 0 aromatic heterocycles. The molecule has 0 aliphatic carbocycles. The first-order chi connectivity index (χ1) is 14.0. The van der Waals surface area contributed by atoms with E-state index in [0.29, 0.717) is 40.9 Å². The molecule has 3 rings (SSSR count). The molecule has 1 aliphatic rings. The van der Waals surface area contributed by atoms with Crippen LogP contribution in [0.3, 0.4) is 0 Å². The van der Waals surface area contributed by atoms with Crippen molar-refractivity contribution < 1.29 is 23.8 Å². The van der Waals surface area contributed by atoms with E-state index in [-0.39, 0.29) is 18.4 Å². The van der Waals surface area contributed by atoms with Gasteiger partial charge in [0.1, 0.15) is 12.6 Å². The lowest BCUT2D eigenvalue weighted by atomic mass is 10.0. The SMILES string of the molecule is CC(C)[C@H](NC(=O)c1ccccc1)C(=O)OCc1cc(Cl)c2c(c1)OCCCO2. The number of ether oxygens (including phenoxy) is 3. The molecule has 2 aromatic rings. The van der Waals surface area contributed by atoms with Crippen LogP contribution in [0.2, 0.25) is 5.02 Å². The fourth-order valence-corrected chi connectivity index (χ4v) is 3.21. The number of fused-ring (bicyclic) bond motifs is 1. The topological polar surface area (TPSA) is 73.9 Å². The van der Waals surface area contributed by atoms with Crippen molar-refractivity contribution in [3.63, 3.8) is 0 Å². The highest BCUT2D eigenvalue weighted by atomic mass is 35.5. The first-order valence-electron chi connectivity index (χ1n) is 9.56. The number of carbonyl (C=O) groups excluding carboxylic acids is 2. The van der Waals surface area contributed by atoms with E-state index < -0.39 is 12.0 Å². The number of benzene rings is 2. The molecule has 29 heavy (non-hydrogen) atoms. The second-order valence-corrected chi connectivity index (χ2v) is 7.53. The Hall–Kier alpha value is -2.73. The summed E-state index contributed by atoms with van der Waals surface area (Å²) in [5.41, 5.74) is 1.17. The second-order valence-electron chi connectivity index (χ2n) is 7.12. The molecule has 1 amide bonds. The molecule has 154 valence electrons. The Kier molecular flexibility index (Phi) is 6.99. The molecule has 7 heteroatoms. The van der Waals surface area contributed by atoms with Gasteiger partial charge >= 0.3 is 5.97 Å². The van der Waals surface area contributed by atoms with Gasteiger partial charge < -0.3 is 19.5 Å². The molecule has 1 N–H and O–H groups in total. The number of carbonyl (C=O) groups is 2. The third-order valence-electron chi connectivity index (χ3n) is 4.49. The lowest BCUT2D eigenvalue weighted by Crippen LogP contribution is -2.45. The van der Waals surface area contributed by atoms with Crippen molar-refractivity contribution in [1.82, 2.24) is 5.32 Å².